The summed E-state index contributed by atoms with van der Waals surface area (Å²) in [4.78, 5) is 29.5. The Bertz CT molecular complexity index is 1720. The highest BCUT2D eigenvalue weighted by atomic mass is 16.2. The van der Waals surface area contributed by atoms with Crippen LogP contribution in [0.25, 0.3) is 21.8 Å². The maximum Gasteiger partial charge on any atom is 0.254 e. The van der Waals surface area contributed by atoms with Crippen LogP contribution in [0.15, 0.2) is 91.0 Å². The van der Waals surface area contributed by atoms with E-state index in [1.54, 1.807) is 0 Å². The second-order valence-electron chi connectivity index (χ2n) is 9.94. The Balaban J connectivity index is 1.33. The maximum atomic E-state index is 14.1. The van der Waals surface area contributed by atoms with Crippen molar-refractivity contribution >= 4 is 39.3 Å². The highest BCUT2D eigenvalue weighted by Crippen LogP contribution is 2.46. The van der Waals surface area contributed by atoms with Gasteiger partial charge in [-0.2, -0.15) is 0 Å². The van der Waals surface area contributed by atoms with E-state index in [0.717, 1.165) is 40.7 Å². The van der Waals surface area contributed by atoms with Gasteiger partial charge in [-0.15, -0.1) is 0 Å². The summed E-state index contributed by atoms with van der Waals surface area (Å²) >= 11 is 0. The third-order valence-corrected chi connectivity index (χ3v) is 8.07. The van der Waals surface area contributed by atoms with Gasteiger partial charge in [0.05, 0.1) is 12.0 Å². The van der Waals surface area contributed by atoms with E-state index < -0.39 is 5.92 Å². The molecule has 0 fully saturated rings. The van der Waals surface area contributed by atoms with Gasteiger partial charge in [0.2, 0.25) is 5.91 Å². The first kappa shape index (κ1) is 21.9. The Morgan fingerprint density at radius 3 is 2.46 bits per heavy atom. The lowest BCUT2D eigenvalue weighted by molar-refractivity contribution is -0.119. The molecule has 2 aliphatic rings. The molecule has 0 aliphatic carbocycles. The molecule has 0 radical (unpaired) electrons. The van der Waals surface area contributed by atoms with Crippen LogP contribution in [0.3, 0.4) is 0 Å². The van der Waals surface area contributed by atoms with Crippen LogP contribution < -0.4 is 5.32 Å². The molecule has 0 saturated heterocycles. The molecule has 0 spiro atoms. The quantitative estimate of drug-likeness (QED) is 0.327. The summed E-state index contributed by atoms with van der Waals surface area (Å²) in [5, 5.41) is 5.53. The van der Waals surface area contributed by atoms with E-state index in [9.17, 15) is 9.59 Å². The zero-order valence-corrected chi connectivity index (χ0v) is 20.6. The number of para-hydroxylation sites is 1. The Kier molecular flexibility index (Phi) is 4.93. The van der Waals surface area contributed by atoms with Crippen LogP contribution >= 0.6 is 0 Å². The van der Waals surface area contributed by atoms with Crippen molar-refractivity contribution < 1.29 is 9.59 Å². The van der Waals surface area contributed by atoms with Crippen LogP contribution in [0, 0.1) is 0 Å². The number of fused-ring (bicyclic) bond motifs is 7. The zero-order chi connectivity index (χ0) is 25.1. The molecular formula is C32H27N3O2. The number of nitrogens with zero attached hydrogens (tertiary/aromatic N) is 2. The fourth-order valence-corrected chi connectivity index (χ4v) is 6.45. The van der Waals surface area contributed by atoms with Crippen LogP contribution in [-0.2, 0) is 17.8 Å². The highest BCUT2D eigenvalue weighted by Gasteiger charge is 2.46. The first-order valence-electron chi connectivity index (χ1n) is 12.9. The molecule has 0 unspecified atom stereocenters. The first-order valence-corrected chi connectivity index (χ1v) is 12.9. The number of rotatable bonds is 3. The molecule has 0 saturated carbocycles. The van der Waals surface area contributed by atoms with Crippen molar-refractivity contribution in [3.05, 3.63) is 113 Å². The standard InChI is InChI=1S/C32H27N3O2/c1-2-34-27-14-8-7-11-23(27)26-19-21(15-16-28(26)34)33-31(36)29-24-12-5-6-13-25(24)32(37)35-18-17-20-9-3-4-10-22(20)30(29)35/h3-16,19,29-30H,2,17-18H2,1H3,(H,33,36)/t29-,30-/m0/s1. The maximum absolute atomic E-state index is 14.1. The molecule has 1 N–H and O–H groups in total. The molecule has 1 aromatic heterocycles. The van der Waals surface area contributed by atoms with Gasteiger partial charge < -0.3 is 14.8 Å². The molecular weight excluding hydrogens is 458 g/mol. The van der Waals surface area contributed by atoms with Gasteiger partial charge in [-0.25, -0.2) is 0 Å². The molecule has 2 aliphatic heterocycles. The van der Waals surface area contributed by atoms with E-state index in [1.807, 2.05) is 47.4 Å². The summed E-state index contributed by atoms with van der Waals surface area (Å²) in [5.74, 6) is -0.582. The van der Waals surface area contributed by atoms with Crippen molar-refractivity contribution in [3.63, 3.8) is 0 Å². The van der Waals surface area contributed by atoms with E-state index in [2.05, 4.69) is 65.3 Å². The van der Waals surface area contributed by atoms with E-state index >= 15 is 0 Å². The Morgan fingerprint density at radius 2 is 1.59 bits per heavy atom. The molecule has 182 valence electrons. The molecule has 7 rings (SSSR count). The van der Waals surface area contributed by atoms with Crippen molar-refractivity contribution in [1.29, 1.82) is 0 Å². The number of aryl methyl sites for hydroxylation is 1. The molecule has 37 heavy (non-hydrogen) atoms. The summed E-state index contributed by atoms with van der Waals surface area (Å²) < 4.78 is 2.30. The lowest BCUT2D eigenvalue weighted by Gasteiger charge is -2.45. The number of benzene rings is 4. The molecule has 5 aromatic rings. The summed E-state index contributed by atoms with van der Waals surface area (Å²) in [7, 11) is 0. The van der Waals surface area contributed by atoms with Gasteiger partial charge in [0.1, 0.15) is 0 Å². The SMILES string of the molecule is CCn1c2ccccc2c2cc(NC(=O)[C@H]3c4ccccc4C(=O)N4CCc5ccccc5[C@@H]34)ccc21. The monoisotopic (exact) mass is 485 g/mol. The molecule has 5 heteroatoms. The van der Waals surface area contributed by atoms with E-state index in [1.165, 1.54) is 16.5 Å². The molecule has 5 nitrogen and oxygen atoms in total. The fourth-order valence-electron chi connectivity index (χ4n) is 6.45. The van der Waals surface area contributed by atoms with Crippen LogP contribution in [-0.4, -0.2) is 27.8 Å². The Morgan fingerprint density at radius 1 is 0.865 bits per heavy atom. The van der Waals surface area contributed by atoms with Crippen molar-refractivity contribution in [2.75, 3.05) is 11.9 Å². The van der Waals surface area contributed by atoms with Gasteiger partial charge in [0.15, 0.2) is 0 Å². The fraction of sp³-hybridized carbons (Fsp3) is 0.188. The van der Waals surface area contributed by atoms with Crippen LogP contribution in [0.5, 0.6) is 0 Å². The van der Waals surface area contributed by atoms with E-state index in [0.29, 0.717) is 12.1 Å². The zero-order valence-electron chi connectivity index (χ0n) is 20.6. The summed E-state index contributed by atoms with van der Waals surface area (Å²) in [6.45, 7) is 3.64. The predicted molar refractivity (Wildman–Crippen MR) is 147 cm³/mol. The van der Waals surface area contributed by atoms with Gasteiger partial charge in [0.25, 0.3) is 5.91 Å². The summed E-state index contributed by atoms with van der Waals surface area (Å²) in [6, 6.07) is 30.0. The van der Waals surface area contributed by atoms with Gasteiger partial charge in [-0.3, -0.25) is 9.59 Å². The lowest BCUT2D eigenvalue weighted by Crippen LogP contribution is -2.49. The van der Waals surface area contributed by atoms with Crippen LogP contribution in [0.4, 0.5) is 5.69 Å². The lowest BCUT2D eigenvalue weighted by atomic mass is 9.76. The molecule has 0 bridgehead atoms. The second kappa shape index (κ2) is 8.34. The number of hydrogen-bond donors (Lipinski definition) is 1. The number of nitrogens with one attached hydrogen (secondary N) is 1. The molecule has 2 amide bonds. The predicted octanol–water partition coefficient (Wildman–Crippen LogP) is 6.29. The van der Waals surface area contributed by atoms with Gasteiger partial charge in [0, 0.05) is 46.1 Å². The normalized spacial score (nSPS) is 18.4. The number of aromatic nitrogens is 1. The third kappa shape index (κ3) is 3.23. The minimum atomic E-state index is -0.497. The minimum absolute atomic E-state index is 0.00736. The molecule has 3 heterocycles. The smallest absolute Gasteiger partial charge is 0.254 e. The van der Waals surface area contributed by atoms with Crippen molar-refractivity contribution in [3.8, 4) is 0 Å². The second-order valence-corrected chi connectivity index (χ2v) is 9.94. The van der Waals surface area contributed by atoms with Gasteiger partial charge >= 0.3 is 0 Å². The van der Waals surface area contributed by atoms with Gasteiger partial charge in [-0.05, 0) is 60.4 Å². The molecule has 2 atom stereocenters. The third-order valence-electron chi connectivity index (χ3n) is 8.07. The van der Waals surface area contributed by atoms with Gasteiger partial charge in [-0.1, -0.05) is 60.7 Å². The number of hydrogen-bond acceptors (Lipinski definition) is 2. The van der Waals surface area contributed by atoms with Crippen molar-refractivity contribution in [2.24, 2.45) is 0 Å². The molecule has 4 aromatic carbocycles. The number of carbonyl (C=O) groups excluding carboxylic acids is 2. The summed E-state index contributed by atoms with van der Waals surface area (Å²) in [6.07, 6.45) is 0.799. The number of carbonyl (C=O) groups is 2. The number of anilines is 1. The number of amides is 2. The van der Waals surface area contributed by atoms with Crippen molar-refractivity contribution in [1.82, 2.24) is 9.47 Å². The highest BCUT2D eigenvalue weighted by molar-refractivity contribution is 6.10. The van der Waals surface area contributed by atoms with E-state index in [4.69, 9.17) is 0 Å². The topological polar surface area (TPSA) is 54.3 Å². The average molecular weight is 486 g/mol. The van der Waals surface area contributed by atoms with E-state index in [-0.39, 0.29) is 17.9 Å². The first-order chi connectivity index (χ1) is 18.2. The largest absolute Gasteiger partial charge is 0.341 e. The van der Waals surface area contributed by atoms with Crippen LogP contribution in [0.2, 0.25) is 0 Å². The Hall–Kier alpha value is -4.38. The van der Waals surface area contributed by atoms with Crippen LogP contribution in [0.1, 0.15) is 45.9 Å². The minimum Gasteiger partial charge on any atom is -0.341 e. The van der Waals surface area contributed by atoms with Crippen molar-refractivity contribution in [2.45, 2.75) is 31.8 Å². The average Bonchev–Trinajstić information content (AvgIpc) is 3.26. The summed E-state index contributed by atoms with van der Waals surface area (Å²) in [5.41, 5.74) is 6.81. The Labute approximate surface area is 215 Å².